The van der Waals surface area contributed by atoms with E-state index >= 15 is 4.39 Å². The molecular formula is C24H20F2N6OS. The van der Waals surface area contributed by atoms with Crippen LogP contribution in [-0.4, -0.2) is 27.3 Å². The van der Waals surface area contributed by atoms with Crippen LogP contribution in [0.4, 0.5) is 20.3 Å². The van der Waals surface area contributed by atoms with Gasteiger partial charge in [0.25, 0.3) is 0 Å². The van der Waals surface area contributed by atoms with Crippen molar-refractivity contribution in [2.24, 2.45) is 5.92 Å². The number of halogens is 2. The third-order valence-corrected chi connectivity index (χ3v) is 6.63. The summed E-state index contributed by atoms with van der Waals surface area (Å²) >= 11 is 1.10. The van der Waals surface area contributed by atoms with Gasteiger partial charge < -0.3 is 15.0 Å². The molecule has 10 heteroatoms. The van der Waals surface area contributed by atoms with Crippen LogP contribution in [0.3, 0.4) is 0 Å². The molecule has 2 aliphatic rings. The monoisotopic (exact) mass is 478 g/mol. The average molecular weight is 479 g/mol. The van der Waals surface area contributed by atoms with Crippen LogP contribution in [0.15, 0.2) is 47.3 Å². The molecule has 1 aromatic carbocycles. The van der Waals surface area contributed by atoms with Crippen LogP contribution in [0.25, 0.3) is 11.0 Å². The van der Waals surface area contributed by atoms with Gasteiger partial charge in [0.1, 0.15) is 23.6 Å². The number of hydrogen-bond acceptors (Lipinski definition) is 7. The van der Waals surface area contributed by atoms with Crippen LogP contribution >= 0.6 is 11.9 Å². The summed E-state index contributed by atoms with van der Waals surface area (Å²) in [5, 5.41) is 12.7. The molecule has 2 aromatic heterocycles. The number of hydrogen-bond donors (Lipinski definition) is 3. The summed E-state index contributed by atoms with van der Waals surface area (Å²) in [6.45, 7) is 0.710. The number of fused-ring (bicyclic) bond motifs is 1. The zero-order chi connectivity index (χ0) is 23.7. The van der Waals surface area contributed by atoms with Crippen LogP contribution in [0.2, 0.25) is 0 Å². The number of rotatable bonds is 8. The number of anilines is 2. The average Bonchev–Trinajstić information content (AvgIpc) is 3.58. The van der Waals surface area contributed by atoms with Crippen LogP contribution in [0, 0.1) is 28.9 Å². The van der Waals surface area contributed by atoms with Crippen molar-refractivity contribution >= 4 is 40.3 Å². The van der Waals surface area contributed by atoms with Crippen molar-refractivity contribution in [3.63, 3.8) is 0 Å². The van der Waals surface area contributed by atoms with Crippen LogP contribution in [0.5, 0.6) is 0 Å². The molecule has 1 fully saturated rings. The molecule has 0 amide bonds. The number of aromatic amines is 1. The lowest BCUT2D eigenvalue weighted by atomic mass is 10.0. The molecule has 0 radical (unpaired) electrons. The van der Waals surface area contributed by atoms with Gasteiger partial charge in [0.05, 0.1) is 28.3 Å². The minimum atomic E-state index is -0.989. The molecule has 34 heavy (non-hydrogen) atoms. The topological polar surface area (TPSA) is 106 Å². The Kier molecular flexibility index (Phi) is 6.02. The van der Waals surface area contributed by atoms with Gasteiger partial charge >= 0.3 is 0 Å². The van der Waals surface area contributed by atoms with E-state index in [9.17, 15) is 9.18 Å². The first-order valence-corrected chi connectivity index (χ1v) is 11.7. The third kappa shape index (κ3) is 4.39. The number of nitriles is 1. The van der Waals surface area contributed by atoms with Gasteiger partial charge in [0, 0.05) is 23.2 Å². The molecule has 3 N–H and O–H groups in total. The maximum Gasteiger partial charge on any atom is 0.201 e. The van der Waals surface area contributed by atoms with Gasteiger partial charge in [0.2, 0.25) is 5.78 Å². The van der Waals surface area contributed by atoms with Gasteiger partial charge in [-0.2, -0.15) is 5.26 Å². The van der Waals surface area contributed by atoms with Crippen LogP contribution in [-0.2, 0) is 0 Å². The Labute approximate surface area is 198 Å². The molecule has 1 saturated carbocycles. The van der Waals surface area contributed by atoms with E-state index in [0.29, 0.717) is 47.7 Å². The van der Waals surface area contributed by atoms with E-state index in [-0.39, 0.29) is 11.3 Å². The highest BCUT2D eigenvalue weighted by Crippen LogP contribution is 2.33. The number of allylic oxidation sites excluding steroid dienone is 3. The number of carbonyl (C=O) groups is 1. The lowest BCUT2D eigenvalue weighted by Gasteiger charge is -2.13. The molecule has 2 heterocycles. The summed E-state index contributed by atoms with van der Waals surface area (Å²) in [5.74, 6) is -1.73. The highest BCUT2D eigenvalue weighted by atomic mass is 32.2. The lowest BCUT2D eigenvalue weighted by molar-refractivity contribution is 0.103. The lowest BCUT2D eigenvalue weighted by Crippen LogP contribution is -2.11. The normalized spacial score (nSPS) is 15.4. The molecule has 0 atom stereocenters. The first kappa shape index (κ1) is 22.1. The van der Waals surface area contributed by atoms with Crippen molar-refractivity contribution in [2.45, 2.75) is 25.7 Å². The van der Waals surface area contributed by atoms with Gasteiger partial charge in [0.15, 0.2) is 5.82 Å². The fraction of sp³-hybridized carbons (Fsp3) is 0.250. The number of H-pyrrole nitrogens is 1. The Morgan fingerprint density at radius 3 is 2.94 bits per heavy atom. The van der Waals surface area contributed by atoms with E-state index in [1.807, 2.05) is 6.08 Å². The zero-order valence-electron chi connectivity index (χ0n) is 18.0. The number of ketones is 1. The van der Waals surface area contributed by atoms with Crippen LogP contribution in [0.1, 0.15) is 41.6 Å². The smallest absolute Gasteiger partial charge is 0.201 e. The Balaban J connectivity index is 1.44. The standard InChI is InChI=1S/C24H20F2N6OS/c25-17-6-7-18(32-34-15-3-1-2-14(8-15)9-27)21(26)20(17)22(33)16-11-29-24-19(16)23(30-12-31-24)28-10-13-4-5-13/h3,6-8,11-13,32H,1-2,4-5,10H2,(H2,28,29,30,31). The van der Waals surface area contributed by atoms with Gasteiger partial charge in [-0.05, 0) is 61.8 Å². The summed E-state index contributed by atoms with van der Waals surface area (Å²) in [7, 11) is 0. The maximum atomic E-state index is 15.4. The van der Waals surface area contributed by atoms with Crippen molar-refractivity contribution in [1.82, 2.24) is 15.0 Å². The van der Waals surface area contributed by atoms with E-state index in [2.05, 4.69) is 31.1 Å². The maximum absolute atomic E-state index is 15.4. The highest BCUT2D eigenvalue weighted by molar-refractivity contribution is 8.04. The predicted octanol–water partition coefficient (Wildman–Crippen LogP) is 5.48. The molecule has 0 aliphatic heterocycles. The number of aromatic nitrogens is 3. The predicted molar refractivity (Wildman–Crippen MR) is 127 cm³/mol. The molecule has 0 unspecified atom stereocenters. The second-order valence-corrected chi connectivity index (χ2v) is 9.10. The SMILES string of the molecule is N#CC1=CC(SNc2ccc(F)c(C(=O)c3c[nH]c4ncnc(NCC5CC5)c34)c2F)=CCC1. The number of nitrogens with one attached hydrogen (secondary N) is 3. The molecule has 0 bridgehead atoms. The van der Waals surface area contributed by atoms with Gasteiger partial charge in [-0.25, -0.2) is 18.7 Å². The van der Waals surface area contributed by atoms with Crippen molar-refractivity contribution in [3.05, 3.63) is 70.0 Å². The molecule has 2 aliphatic carbocycles. The summed E-state index contributed by atoms with van der Waals surface area (Å²) in [4.78, 5) is 25.4. The number of carbonyl (C=O) groups excluding carboxylic acids is 1. The Bertz CT molecular complexity index is 1390. The van der Waals surface area contributed by atoms with Gasteiger partial charge in [-0.15, -0.1) is 0 Å². The molecule has 5 rings (SSSR count). The van der Waals surface area contributed by atoms with Crippen molar-refractivity contribution in [3.8, 4) is 6.07 Å². The first-order valence-electron chi connectivity index (χ1n) is 10.9. The summed E-state index contributed by atoms with van der Waals surface area (Å²) in [5.41, 5.74) is 0.445. The molecule has 3 aromatic rings. The first-order chi connectivity index (χ1) is 16.5. The molecule has 7 nitrogen and oxygen atoms in total. The second-order valence-electron chi connectivity index (χ2n) is 8.22. The fourth-order valence-corrected chi connectivity index (χ4v) is 4.55. The fourth-order valence-electron chi connectivity index (χ4n) is 3.76. The Morgan fingerprint density at radius 2 is 2.15 bits per heavy atom. The number of nitrogens with zero attached hydrogens (tertiary/aromatic N) is 3. The molecular weight excluding hydrogens is 458 g/mol. The quantitative estimate of drug-likeness (QED) is 0.291. The Hall–Kier alpha value is -3.71. The summed E-state index contributed by atoms with van der Waals surface area (Å²) < 4.78 is 32.9. The number of benzene rings is 1. The minimum Gasteiger partial charge on any atom is -0.369 e. The van der Waals surface area contributed by atoms with E-state index in [1.165, 1.54) is 18.6 Å². The highest BCUT2D eigenvalue weighted by Gasteiger charge is 2.27. The van der Waals surface area contributed by atoms with E-state index < -0.39 is 23.0 Å². The Morgan fingerprint density at radius 1 is 1.29 bits per heavy atom. The van der Waals surface area contributed by atoms with Gasteiger partial charge in [-0.3, -0.25) is 4.79 Å². The van der Waals surface area contributed by atoms with Crippen LogP contribution < -0.4 is 10.0 Å². The van der Waals surface area contributed by atoms with E-state index in [1.54, 1.807) is 6.08 Å². The second kappa shape index (κ2) is 9.27. The largest absolute Gasteiger partial charge is 0.369 e. The molecule has 0 saturated heterocycles. The van der Waals surface area contributed by atoms with Crippen molar-refractivity contribution in [2.75, 3.05) is 16.6 Å². The van der Waals surface area contributed by atoms with Gasteiger partial charge in [-0.1, -0.05) is 6.08 Å². The van der Waals surface area contributed by atoms with E-state index in [0.717, 1.165) is 35.8 Å². The molecule has 0 spiro atoms. The van der Waals surface area contributed by atoms with Crippen molar-refractivity contribution in [1.29, 1.82) is 5.26 Å². The third-order valence-electron chi connectivity index (χ3n) is 5.79. The summed E-state index contributed by atoms with van der Waals surface area (Å²) in [6.07, 6.45) is 10.1. The zero-order valence-corrected chi connectivity index (χ0v) is 18.8. The minimum absolute atomic E-state index is 0.0312. The van der Waals surface area contributed by atoms with E-state index in [4.69, 9.17) is 5.26 Å². The summed E-state index contributed by atoms with van der Waals surface area (Å²) in [6, 6.07) is 4.42. The van der Waals surface area contributed by atoms with Crippen molar-refractivity contribution < 1.29 is 13.6 Å². The molecule has 172 valence electrons.